The first-order valence-electron chi connectivity index (χ1n) is 8.32. The summed E-state index contributed by atoms with van der Waals surface area (Å²) in [5.41, 5.74) is 6.81. The van der Waals surface area contributed by atoms with Gasteiger partial charge in [0.1, 0.15) is 5.84 Å². The first-order chi connectivity index (χ1) is 12.9. The number of aliphatic carboxylic acids is 1. The summed E-state index contributed by atoms with van der Waals surface area (Å²) in [6.45, 7) is 0.962. The third-order valence-corrected chi connectivity index (χ3v) is 4.36. The number of carbonyl (C=O) groups is 2. The number of urea groups is 1. The number of nitrogens with one attached hydrogen (secondary N) is 1. The zero-order valence-electron chi connectivity index (χ0n) is 14.5. The average molecular weight is 369 g/mol. The van der Waals surface area contributed by atoms with E-state index in [0.717, 1.165) is 0 Å². The number of aryl methyl sites for hydroxylation is 1. The molecule has 1 aromatic heterocycles. The molecule has 1 aliphatic heterocycles. The Balaban J connectivity index is 1.76. The van der Waals surface area contributed by atoms with E-state index >= 15 is 0 Å². The van der Waals surface area contributed by atoms with Gasteiger partial charge in [-0.25, -0.2) is 4.79 Å². The van der Waals surface area contributed by atoms with E-state index in [-0.39, 0.29) is 30.4 Å². The summed E-state index contributed by atoms with van der Waals surface area (Å²) >= 11 is 0. The van der Waals surface area contributed by atoms with Crippen molar-refractivity contribution in [3.05, 3.63) is 58.5 Å². The molecule has 9 heteroatoms. The SMILES string of the molecule is N=C(N)c1ccc(N2CCN(c3ccn(CCC(=O)O)c(=O)c3)C2=O)cc1. The van der Waals surface area contributed by atoms with Crippen LogP contribution in [-0.2, 0) is 11.3 Å². The molecule has 0 aliphatic carbocycles. The molecule has 3 rings (SSSR count). The second kappa shape index (κ2) is 7.32. The Morgan fingerprint density at radius 2 is 1.70 bits per heavy atom. The predicted octanol–water partition coefficient (Wildman–Crippen LogP) is 1.05. The van der Waals surface area contributed by atoms with Gasteiger partial charge in [-0.3, -0.25) is 24.8 Å². The molecule has 2 aromatic rings. The maximum atomic E-state index is 12.7. The van der Waals surface area contributed by atoms with Gasteiger partial charge in [0.25, 0.3) is 5.56 Å². The Bertz CT molecular complexity index is 951. The molecular weight excluding hydrogens is 350 g/mol. The van der Waals surface area contributed by atoms with E-state index in [0.29, 0.717) is 30.0 Å². The molecular formula is C18H19N5O4. The number of carboxylic acid groups (broad SMARTS) is 1. The minimum atomic E-state index is -0.980. The number of hydrogen-bond donors (Lipinski definition) is 3. The lowest BCUT2D eigenvalue weighted by Crippen LogP contribution is -2.33. The Labute approximate surface area is 154 Å². The highest BCUT2D eigenvalue weighted by Crippen LogP contribution is 2.24. The number of nitrogen functional groups attached to an aromatic ring is 1. The van der Waals surface area contributed by atoms with Crippen molar-refractivity contribution in [2.75, 3.05) is 22.9 Å². The van der Waals surface area contributed by atoms with Crippen molar-refractivity contribution >= 4 is 29.2 Å². The van der Waals surface area contributed by atoms with E-state index in [9.17, 15) is 14.4 Å². The highest BCUT2D eigenvalue weighted by Gasteiger charge is 2.30. The number of hydrogen-bond acceptors (Lipinski definition) is 4. The van der Waals surface area contributed by atoms with Crippen molar-refractivity contribution in [3.8, 4) is 0 Å². The molecule has 0 bridgehead atoms. The van der Waals surface area contributed by atoms with Crippen LogP contribution in [0.3, 0.4) is 0 Å². The Morgan fingerprint density at radius 3 is 2.26 bits per heavy atom. The van der Waals surface area contributed by atoms with Gasteiger partial charge in [-0.05, 0) is 30.3 Å². The molecule has 0 unspecified atom stereocenters. The summed E-state index contributed by atoms with van der Waals surface area (Å²) in [6, 6.07) is 9.51. The van der Waals surface area contributed by atoms with Crippen molar-refractivity contribution in [2.24, 2.45) is 5.73 Å². The van der Waals surface area contributed by atoms with Crippen molar-refractivity contribution in [1.29, 1.82) is 5.41 Å². The summed E-state index contributed by atoms with van der Waals surface area (Å²) in [6.07, 6.45) is 1.35. The molecule has 140 valence electrons. The van der Waals surface area contributed by atoms with Gasteiger partial charge in [0, 0.05) is 43.1 Å². The summed E-state index contributed by atoms with van der Waals surface area (Å²) in [4.78, 5) is 38.6. The first-order valence-corrected chi connectivity index (χ1v) is 8.32. The van der Waals surface area contributed by atoms with Gasteiger partial charge in [0.15, 0.2) is 0 Å². The number of carbonyl (C=O) groups excluding carboxylic acids is 1. The molecule has 0 radical (unpaired) electrons. The normalized spacial score (nSPS) is 13.9. The van der Waals surface area contributed by atoms with Gasteiger partial charge >= 0.3 is 12.0 Å². The maximum absolute atomic E-state index is 12.7. The van der Waals surface area contributed by atoms with Crippen LogP contribution in [0.15, 0.2) is 47.4 Å². The third-order valence-electron chi connectivity index (χ3n) is 4.36. The highest BCUT2D eigenvalue weighted by atomic mass is 16.4. The molecule has 4 N–H and O–H groups in total. The molecule has 0 saturated carbocycles. The fourth-order valence-electron chi connectivity index (χ4n) is 2.90. The Hall–Kier alpha value is -3.62. The second-order valence-electron chi connectivity index (χ2n) is 6.11. The van der Waals surface area contributed by atoms with Gasteiger partial charge in [-0.1, -0.05) is 0 Å². The fourth-order valence-corrected chi connectivity index (χ4v) is 2.90. The summed E-state index contributed by atoms with van der Waals surface area (Å²) in [5.74, 6) is -1.02. The molecule has 0 atom stereocenters. The van der Waals surface area contributed by atoms with E-state index in [1.807, 2.05) is 0 Å². The fraction of sp³-hybridized carbons (Fsp3) is 0.222. The maximum Gasteiger partial charge on any atom is 0.329 e. The van der Waals surface area contributed by atoms with Gasteiger partial charge < -0.3 is 15.4 Å². The van der Waals surface area contributed by atoms with Crippen LogP contribution in [0.2, 0.25) is 0 Å². The van der Waals surface area contributed by atoms with Crippen LogP contribution in [0.5, 0.6) is 0 Å². The lowest BCUT2D eigenvalue weighted by atomic mass is 10.2. The molecule has 1 aromatic carbocycles. The number of pyridine rings is 1. The quantitative estimate of drug-likeness (QED) is 0.517. The van der Waals surface area contributed by atoms with E-state index in [1.54, 1.807) is 35.2 Å². The number of rotatable bonds is 6. The van der Waals surface area contributed by atoms with E-state index in [4.69, 9.17) is 16.2 Å². The number of aromatic nitrogens is 1. The second-order valence-corrected chi connectivity index (χ2v) is 6.11. The lowest BCUT2D eigenvalue weighted by molar-refractivity contribution is -0.137. The van der Waals surface area contributed by atoms with Crippen LogP contribution in [0.25, 0.3) is 0 Å². The van der Waals surface area contributed by atoms with Gasteiger partial charge in [0.2, 0.25) is 0 Å². The first kappa shape index (κ1) is 18.2. The minimum Gasteiger partial charge on any atom is -0.481 e. The van der Waals surface area contributed by atoms with Crippen molar-refractivity contribution in [1.82, 2.24) is 4.57 Å². The lowest BCUT2D eigenvalue weighted by Gasteiger charge is -2.19. The zero-order valence-corrected chi connectivity index (χ0v) is 14.5. The molecule has 1 saturated heterocycles. The Kier molecular flexibility index (Phi) is 4.93. The van der Waals surface area contributed by atoms with Crippen LogP contribution in [0.4, 0.5) is 16.2 Å². The monoisotopic (exact) mass is 369 g/mol. The third kappa shape index (κ3) is 3.81. The topological polar surface area (TPSA) is 133 Å². The summed E-state index contributed by atoms with van der Waals surface area (Å²) in [7, 11) is 0. The molecule has 1 aliphatic rings. The number of anilines is 2. The number of carboxylic acids is 1. The van der Waals surface area contributed by atoms with Crippen LogP contribution in [0.1, 0.15) is 12.0 Å². The van der Waals surface area contributed by atoms with Gasteiger partial charge in [0.05, 0.1) is 12.1 Å². The molecule has 27 heavy (non-hydrogen) atoms. The average Bonchev–Trinajstić information content (AvgIpc) is 3.02. The number of benzene rings is 1. The van der Waals surface area contributed by atoms with Crippen LogP contribution in [-0.4, -0.2) is 40.6 Å². The molecule has 1 fully saturated rings. The number of amidine groups is 1. The highest BCUT2D eigenvalue weighted by molar-refractivity contribution is 6.06. The van der Waals surface area contributed by atoms with E-state index in [1.165, 1.54) is 21.7 Å². The zero-order chi connectivity index (χ0) is 19.6. The van der Waals surface area contributed by atoms with Crippen molar-refractivity contribution in [3.63, 3.8) is 0 Å². The van der Waals surface area contributed by atoms with Gasteiger partial charge in [-0.15, -0.1) is 0 Å². The molecule has 2 heterocycles. The summed E-state index contributed by atoms with van der Waals surface area (Å²) in [5, 5.41) is 16.1. The molecule has 0 spiro atoms. The number of nitrogens with zero attached hydrogens (tertiary/aromatic N) is 3. The van der Waals surface area contributed by atoms with Crippen LogP contribution in [0, 0.1) is 5.41 Å². The predicted molar refractivity (Wildman–Crippen MR) is 101 cm³/mol. The van der Waals surface area contributed by atoms with E-state index in [2.05, 4.69) is 0 Å². The largest absolute Gasteiger partial charge is 0.481 e. The minimum absolute atomic E-state index is 0.0422. The number of amides is 2. The molecule has 9 nitrogen and oxygen atoms in total. The number of nitrogens with two attached hydrogens (primary N) is 1. The smallest absolute Gasteiger partial charge is 0.329 e. The summed E-state index contributed by atoms with van der Waals surface area (Å²) < 4.78 is 1.30. The standard InChI is InChI=1S/C18H19N5O4/c19-17(20)12-1-3-13(4-2-12)22-9-10-23(18(22)27)14-5-7-21(15(24)11-14)8-6-16(25)26/h1-5,7,11H,6,8-10H2,(H3,19,20)(H,25,26). The molecule has 2 amide bonds. The van der Waals surface area contributed by atoms with Crippen molar-refractivity contribution < 1.29 is 14.7 Å². The van der Waals surface area contributed by atoms with Crippen LogP contribution < -0.4 is 21.1 Å². The van der Waals surface area contributed by atoms with Crippen LogP contribution >= 0.6 is 0 Å². The van der Waals surface area contributed by atoms with E-state index < -0.39 is 5.97 Å². The Morgan fingerprint density at radius 1 is 1.07 bits per heavy atom. The van der Waals surface area contributed by atoms with Crippen molar-refractivity contribution in [2.45, 2.75) is 13.0 Å². The van der Waals surface area contributed by atoms with Gasteiger partial charge in [-0.2, -0.15) is 0 Å².